The van der Waals surface area contributed by atoms with Crippen molar-refractivity contribution < 1.29 is 33.1 Å². The zero-order valence-corrected chi connectivity index (χ0v) is 40.1. The van der Waals surface area contributed by atoms with Crippen LogP contribution in [0.3, 0.4) is 0 Å². The summed E-state index contributed by atoms with van der Waals surface area (Å²) >= 11 is 0. The van der Waals surface area contributed by atoms with E-state index in [1.807, 2.05) is 65.5 Å². The Balaban J connectivity index is 0.000000180. The van der Waals surface area contributed by atoms with Gasteiger partial charge < -0.3 is 38.1 Å². The molecule has 66 heavy (non-hydrogen) atoms. The maximum absolute atomic E-state index is 12.9. The largest absolute Gasteiger partial charge is 0.496 e. The fraction of sp³-hybridized carbons (Fsp3) is 0.375. The first kappa shape index (κ1) is 46.4. The van der Waals surface area contributed by atoms with Crippen molar-refractivity contribution >= 4 is 48.6 Å². The average Bonchev–Trinajstić information content (AvgIpc) is 3.97. The molecule has 0 atom stereocenters. The number of nitrogens with one attached hydrogen (secondary N) is 2. The third-order valence-electron chi connectivity index (χ3n) is 12.3. The molecule has 2 N–H and O–H groups in total. The molecule has 2 aliphatic rings. The number of aromatic amines is 2. The van der Waals surface area contributed by atoms with Crippen LogP contribution in [0.15, 0.2) is 90.1 Å². The van der Waals surface area contributed by atoms with Crippen LogP contribution in [0, 0.1) is 0 Å². The van der Waals surface area contributed by atoms with E-state index in [4.69, 9.17) is 38.3 Å². The molecule has 16 nitrogen and oxygen atoms in total. The Bertz CT molecular complexity index is 2900. The Morgan fingerprint density at radius 2 is 1.52 bits per heavy atom. The van der Waals surface area contributed by atoms with E-state index in [0.717, 1.165) is 61.8 Å². The minimum atomic E-state index is -1.17. The van der Waals surface area contributed by atoms with E-state index < -0.39 is 32.0 Å². The van der Waals surface area contributed by atoms with E-state index in [0.29, 0.717) is 56.6 Å². The summed E-state index contributed by atoms with van der Waals surface area (Å²) in [6.45, 7) is 18.2. The van der Waals surface area contributed by atoms with E-state index in [1.54, 1.807) is 37.6 Å². The summed E-state index contributed by atoms with van der Waals surface area (Å²) in [7, 11) is 1.63. The molecule has 0 saturated carbocycles. The number of hydrogen-bond acceptors (Lipinski definition) is 12. The highest BCUT2D eigenvalue weighted by molar-refractivity contribution is 6.76. The van der Waals surface area contributed by atoms with Crippen LogP contribution in [0.1, 0.15) is 38.1 Å². The normalized spacial score (nSPS) is 15.8. The van der Waals surface area contributed by atoms with Gasteiger partial charge in [-0.1, -0.05) is 43.9 Å². The summed E-state index contributed by atoms with van der Waals surface area (Å²) in [5.74, 6) is 1.17. The molecule has 344 valence electrons. The molecule has 2 aliphatic heterocycles. The van der Waals surface area contributed by atoms with Gasteiger partial charge in [-0.2, -0.15) is 10.2 Å². The van der Waals surface area contributed by atoms with Gasteiger partial charge in [0.05, 0.1) is 44.3 Å². The summed E-state index contributed by atoms with van der Waals surface area (Å²) < 4.78 is 36.8. The molecule has 9 rings (SSSR count). The number of morpholine rings is 1. The molecule has 2 aromatic carbocycles. The predicted octanol–water partition coefficient (Wildman–Crippen LogP) is 7.18. The number of H-pyrrole nitrogens is 2. The fourth-order valence-electron chi connectivity index (χ4n) is 7.70. The number of carbonyl (C=O) groups is 1. The lowest BCUT2D eigenvalue weighted by molar-refractivity contribution is 0.00578. The van der Waals surface area contributed by atoms with Crippen LogP contribution in [0.2, 0.25) is 25.7 Å². The number of methoxy groups -OCH3 is 2. The van der Waals surface area contributed by atoms with Gasteiger partial charge in [0, 0.05) is 84.8 Å². The number of hydrogen-bond donors (Lipinski definition) is 2. The first-order valence-electron chi connectivity index (χ1n) is 22.1. The molecular weight excluding hydrogens is 855 g/mol. The summed E-state index contributed by atoms with van der Waals surface area (Å²) in [5.41, 5.74) is 5.79. The summed E-state index contributed by atoms with van der Waals surface area (Å²) in [4.78, 5) is 38.8. The smallest absolute Gasteiger partial charge is 0.496 e. The molecule has 0 spiro atoms. The van der Waals surface area contributed by atoms with Gasteiger partial charge in [0.1, 0.15) is 29.5 Å². The van der Waals surface area contributed by atoms with Gasteiger partial charge in [-0.3, -0.25) is 14.7 Å². The van der Waals surface area contributed by atoms with Crippen molar-refractivity contribution in [3.8, 4) is 45.1 Å². The van der Waals surface area contributed by atoms with Crippen LogP contribution in [0.25, 0.3) is 55.7 Å². The molecule has 0 radical (unpaired) electrons. The fourth-order valence-corrected chi connectivity index (χ4v) is 8.46. The Kier molecular flexibility index (Phi) is 13.3. The first-order chi connectivity index (χ1) is 31.6. The molecule has 0 bridgehead atoms. The van der Waals surface area contributed by atoms with Gasteiger partial charge in [0.2, 0.25) is 0 Å². The second-order valence-electron chi connectivity index (χ2n) is 18.6. The maximum atomic E-state index is 12.9. The van der Waals surface area contributed by atoms with Crippen LogP contribution in [0.4, 0.5) is 0 Å². The standard InChI is InChI=1S/C25H36BN3O4Si.C23H21N5O4/c1-24(2)25(3,4)33-26(32-24)18-15-20-22(19-11-9-10-12-21(19)30-5)28-29(23(20)27-16-18)17-31-13-14-34(6,7)8;1-31-19-5-3-2-4-16(19)20-17-10-14(12-24-21(17)27-26-20)15-11-18(22(29)25-13-15)23(30)28-6-8-32-9-7-28/h9-12,15-16H,13-14,17H2,1-8H3;2-5,10-13H,6-9H2,1H3,(H,25,29)(H,24,26,27). The molecule has 2 saturated heterocycles. The van der Waals surface area contributed by atoms with E-state index in [2.05, 4.69) is 73.6 Å². The van der Waals surface area contributed by atoms with Crippen LogP contribution in [0.5, 0.6) is 11.5 Å². The van der Waals surface area contributed by atoms with Crippen molar-refractivity contribution in [3.63, 3.8) is 0 Å². The number of fused-ring (bicyclic) bond motifs is 2. The second-order valence-corrected chi connectivity index (χ2v) is 24.2. The highest BCUT2D eigenvalue weighted by Gasteiger charge is 2.52. The number of amides is 1. The molecule has 2 fully saturated rings. The number of carbonyl (C=O) groups excluding carboxylic acids is 1. The predicted molar refractivity (Wildman–Crippen MR) is 258 cm³/mol. The highest BCUT2D eigenvalue weighted by Crippen LogP contribution is 2.38. The molecule has 0 unspecified atom stereocenters. The zero-order chi connectivity index (χ0) is 46.8. The molecule has 0 aliphatic carbocycles. The van der Waals surface area contributed by atoms with E-state index in [1.165, 1.54) is 0 Å². The number of benzene rings is 2. The van der Waals surface area contributed by atoms with Crippen molar-refractivity contribution in [2.75, 3.05) is 47.1 Å². The number of para-hydroxylation sites is 2. The number of aromatic nitrogens is 7. The van der Waals surface area contributed by atoms with Gasteiger partial charge in [-0.15, -0.1) is 0 Å². The number of pyridine rings is 3. The lowest BCUT2D eigenvalue weighted by Crippen LogP contribution is -2.42. The Hall–Kier alpha value is -6.18. The molecule has 18 heteroatoms. The van der Waals surface area contributed by atoms with Crippen LogP contribution in [-0.4, -0.2) is 119 Å². The summed E-state index contributed by atoms with van der Waals surface area (Å²) in [6, 6.07) is 22.3. The van der Waals surface area contributed by atoms with Crippen molar-refractivity contribution in [2.24, 2.45) is 0 Å². The lowest BCUT2D eigenvalue weighted by Gasteiger charge is -2.32. The third-order valence-corrected chi connectivity index (χ3v) is 14.0. The first-order valence-corrected chi connectivity index (χ1v) is 25.8. The Labute approximate surface area is 385 Å². The van der Waals surface area contributed by atoms with Crippen LogP contribution >= 0.6 is 0 Å². The molecular formula is C48H57BN8O8Si. The van der Waals surface area contributed by atoms with Gasteiger partial charge in [-0.25, -0.2) is 14.6 Å². The summed E-state index contributed by atoms with van der Waals surface area (Å²) in [6.07, 6.45) is 5.08. The van der Waals surface area contributed by atoms with Crippen LogP contribution < -0.4 is 20.5 Å². The molecule has 7 aromatic rings. The number of rotatable bonds is 12. The Morgan fingerprint density at radius 3 is 2.20 bits per heavy atom. The van der Waals surface area contributed by atoms with E-state index >= 15 is 0 Å². The van der Waals surface area contributed by atoms with Gasteiger partial charge in [0.15, 0.2) is 11.3 Å². The van der Waals surface area contributed by atoms with Gasteiger partial charge in [0.25, 0.3) is 11.5 Å². The third kappa shape index (κ3) is 9.69. The monoisotopic (exact) mass is 912 g/mol. The topological polar surface area (TPSA) is 181 Å². The number of ether oxygens (including phenoxy) is 4. The van der Waals surface area contributed by atoms with Crippen molar-refractivity contribution in [2.45, 2.75) is 71.3 Å². The van der Waals surface area contributed by atoms with Crippen molar-refractivity contribution in [1.29, 1.82) is 0 Å². The van der Waals surface area contributed by atoms with Crippen LogP contribution in [-0.2, 0) is 25.5 Å². The van der Waals surface area contributed by atoms with Crippen molar-refractivity contribution in [1.82, 2.24) is 39.8 Å². The molecule has 5 aromatic heterocycles. The maximum Gasteiger partial charge on any atom is 0.496 e. The van der Waals surface area contributed by atoms with E-state index in [-0.39, 0.29) is 11.5 Å². The molecule has 1 amide bonds. The van der Waals surface area contributed by atoms with Crippen molar-refractivity contribution in [3.05, 3.63) is 101 Å². The van der Waals surface area contributed by atoms with Gasteiger partial charge in [-0.05, 0) is 76.2 Å². The SMILES string of the molecule is COc1ccccc1-c1[nH]nc2ncc(-c3c[nH]c(=O)c(C(=O)N4CCOCC4)c3)cc12.COc1ccccc1-c1nn(COCC[Si](C)(C)C)c2ncc(B3OC(C)(C)C(C)(C)O3)cc12. The quantitative estimate of drug-likeness (QED) is 0.0933. The Morgan fingerprint density at radius 1 is 0.848 bits per heavy atom. The van der Waals surface area contributed by atoms with E-state index in [9.17, 15) is 9.59 Å². The zero-order valence-electron chi connectivity index (χ0n) is 39.1. The minimum absolute atomic E-state index is 0.0987. The highest BCUT2D eigenvalue weighted by atomic mass is 28.3. The lowest BCUT2D eigenvalue weighted by atomic mass is 9.80. The second kappa shape index (κ2) is 19.0. The van der Waals surface area contributed by atoms with Gasteiger partial charge >= 0.3 is 7.12 Å². The number of nitrogens with zero attached hydrogens (tertiary/aromatic N) is 6. The molecule has 7 heterocycles. The minimum Gasteiger partial charge on any atom is -0.496 e. The average molecular weight is 913 g/mol. The summed E-state index contributed by atoms with van der Waals surface area (Å²) in [5, 5.41) is 14.0.